The molecule has 10 heteroatoms. The number of halogens is 2. The second-order valence-electron chi connectivity index (χ2n) is 9.88. The van der Waals surface area contributed by atoms with Crippen molar-refractivity contribution in [3.63, 3.8) is 0 Å². The van der Waals surface area contributed by atoms with E-state index in [0.717, 1.165) is 35.3 Å². The monoisotopic (exact) mass is 805 g/mol. The van der Waals surface area contributed by atoms with Crippen molar-refractivity contribution in [1.82, 2.24) is 4.57 Å². The molecule has 1 aromatic heterocycles. The molecule has 0 bridgehead atoms. The van der Waals surface area contributed by atoms with Gasteiger partial charge < -0.3 is 14.4 Å². The molecule has 1 aliphatic heterocycles. The fraction of sp³-hybridized carbons (Fsp3) is 0.219. The molecule has 7 nitrogen and oxygen atoms in total. The standard InChI is InChI=1S/C32H29I2N3O4S/c1-5-40-31(39)27-19(2)35-32-37(28(27)22-11-13-23(14-12-22)36(3)4)30(38)26(42-32)17-21-15-24(33)29(25(34)16-21)41-18-20-9-7-6-8-10-20/h6-17,28H,5,18H2,1-4H3. The minimum Gasteiger partial charge on any atom is -0.487 e. The molecule has 0 saturated heterocycles. The van der Waals surface area contributed by atoms with Crippen LogP contribution >= 0.6 is 56.5 Å². The number of hydrogen-bond donors (Lipinski definition) is 0. The first kappa shape index (κ1) is 30.5. The average molecular weight is 805 g/mol. The number of aromatic nitrogens is 1. The fourth-order valence-electron chi connectivity index (χ4n) is 4.74. The summed E-state index contributed by atoms with van der Waals surface area (Å²) in [7, 11) is 3.94. The third kappa shape index (κ3) is 6.35. The van der Waals surface area contributed by atoms with Gasteiger partial charge in [0.1, 0.15) is 12.4 Å². The SMILES string of the molecule is CCOC(=O)C1=C(C)N=c2sc(=Cc3cc(I)c(OCc4ccccc4)c(I)c3)c(=O)n2C1c1ccc(N(C)C)cc1. The summed E-state index contributed by atoms with van der Waals surface area (Å²) in [6.07, 6.45) is 1.88. The predicted octanol–water partition coefficient (Wildman–Crippen LogP) is 5.65. The van der Waals surface area contributed by atoms with E-state index < -0.39 is 12.0 Å². The van der Waals surface area contributed by atoms with Gasteiger partial charge in [0.05, 0.1) is 35.6 Å². The largest absolute Gasteiger partial charge is 0.487 e. The maximum atomic E-state index is 14.0. The van der Waals surface area contributed by atoms with Gasteiger partial charge in [-0.1, -0.05) is 53.8 Å². The van der Waals surface area contributed by atoms with Gasteiger partial charge in [0, 0.05) is 19.8 Å². The predicted molar refractivity (Wildman–Crippen MR) is 184 cm³/mol. The smallest absolute Gasteiger partial charge is 0.338 e. The molecule has 0 radical (unpaired) electrons. The number of thiazole rings is 1. The van der Waals surface area contributed by atoms with Gasteiger partial charge in [-0.25, -0.2) is 9.79 Å². The van der Waals surface area contributed by atoms with Gasteiger partial charge in [-0.05, 0) is 106 Å². The Morgan fingerprint density at radius 3 is 2.36 bits per heavy atom. The Labute approximate surface area is 275 Å². The van der Waals surface area contributed by atoms with Crippen LogP contribution in [0.1, 0.15) is 36.6 Å². The Morgan fingerprint density at radius 1 is 1.07 bits per heavy atom. The van der Waals surface area contributed by atoms with Gasteiger partial charge in [0.15, 0.2) is 4.80 Å². The molecular formula is C32H29I2N3O4S. The van der Waals surface area contributed by atoms with Crippen molar-refractivity contribution < 1.29 is 14.3 Å². The number of fused-ring (bicyclic) bond motifs is 1. The Kier molecular flexibility index (Phi) is 9.53. The number of ether oxygens (including phenoxy) is 2. The van der Waals surface area contributed by atoms with Crippen LogP contribution in [-0.4, -0.2) is 31.2 Å². The second kappa shape index (κ2) is 13.1. The lowest BCUT2D eigenvalue weighted by atomic mass is 9.95. The Balaban J connectivity index is 1.57. The minimum atomic E-state index is -0.646. The van der Waals surface area contributed by atoms with Crippen molar-refractivity contribution in [2.45, 2.75) is 26.5 Å². The number of carbonyl (C=O) groups excluding carboxylic acids is 1. The first-order chi connectivity index (χ1) is 20.2. The van der Waals surface area contributed by atoms with Crippen LogP contribution in [0, 0.1) is 7.14 Å². The molecule has 0 aliphatic carbocycles. The van der Waals surface area contributed by atoms with Crippen LogP contribution in [0.5, 0.6) is 5.75 Å². The minimum absolute atomic E-state index is 0.204. The molecule has 1 aliphatic rings. The first-order valence-corrected chi connectivity index (χ1v) is 16.3. The van der Waals surface area contributed by atoms with Crippen molar-refractivity contribution in [3.8, 4) is 5.75 Å². The van der Waals surface area contributed by atoms with E-state index in [4.69, 9.17) is 9.47 Å². The molecule has 5 rings (SSSR count). The maximum absolute atomic E-state index is 14.0. The van der Waals surface area contributed by atoms with Crippen molar-refractivity contribution >= 4 is 74.3 Å². The zero-order valence-corrected chi connectivity index (χ0v) is 28.7. The quantitative estimate of drug-likeness (QED) is 0.170. The second-order valence-corrected chi connectivity index (χ2v) is 13.2. The van der Waals surface area contributed by atoms with Gasteiger partial charge in [-0.15, -0.1) is 0 Å². The van der Waals surface area contributed by atoms with Gasteiger partial charge in [-0.3, -0.25) is 9.36 Å². The Morgan fingerprint density at radius 2 is 1.74 bits per heavy atom. The van der Waals surface area contributed by atoms with Gasteiger partial charge in [0.25, 0.3) is 5.56 Å². The van der Waals surface area contributed by atoms with Crippen LogP contribution in [0.15, 0.2) is 87.8 Å². The lowest BCUT2D eigenvalue weighted by Gasteiger charge is -2.25. The summed E-state index contributed by atoms with van der Waals surface area (Å²) in [5.41, 5.74) is 4.53. The van der Waals surface area contributed by atoms with E-state index >= 15 is 0 Å². The first-order valence-electron chi connectivity index (χ1n) is 13.3. The molecule has 0 fully saturated rings. The van der Waals surface area contributed by atoms with E-state index in [1.807, 2.05) is 91.8 Å². The van der Waals surface area contributed by atoms with Crippen molar-refractivity contribution in [2.75, 3.05) is 25.6 Å². The Hall–Kier alpha value is -2.97. The van der Waals surface area contributed by atoms with Crippen LogP contribution in [-0.2, 0) is 16.1 Å². The average Bonchev–Trinajstić information content (AvgIpc) is 3.26. The molecule has 0 N–H and O–H groups in total. The summed E-state index contributed by atoms with van der Waals surface area (Å²) in [5, 5.41) is 0. The van der Waals surface area contributed by atoms with Gasteiger partial charge in [0.2, 0.25) is 0 Å². The van der Waals surface area contributed by atoms with E-state index in [2.05, 4.69) is 50.2 Å². The number of hydrogen-bond acceptors (Lipinski definition) is 7. The number of esters is 1. The Bertz CT molecular complexity index is 1820. The number of anilines is 1. The third-order valence-corrected chi connectivity index (χ3v) is 9.37. The molecule has 1 atom stereocenters. The van der Waals surface area contributed by atoms with E-state index in [0.29, 0.717) is 27.2 Å². The summed E-state index contributed by atoms with van der Waals surface area (Å²) in [5.74, 6) is 0.347. The highest BCUT2D eigenvalue weighted by atomic mass is 127. The maximum Gasteiger partial charge on any atom is 0.338 e. The number of allylic oxidation sites excluding steroid dienone is 1. The molecule has 0 amide bonds. The molecule has 1 unspecified atom stereocenters. The summed E-state index contributed by atoms with van der Waals surface area (Å²) in [6.45, 7) is 4.27. The lowest BCUT2D eigenvalue weighted by Crippen LogP contribution is -2.39. The molecule has 216 valence electrons. The number of benzene rings is 3. The van der Waals surface area contributed by atoms with Crippen molar-refractivity contribution in [3.05, 3.63) is 122 Å². The van der Waals surface area contributed by atoms with E-state index in [9.17, 15) is 9.59 Å². The zero-order chi connectivity index (χ0) is 30.0. The van der Waals surface area contributed by atoms with Crippen LogP contribution in [0.25, 0.3) is 6.08 Å². The van der Waals surface area contributed by atoms with Crippen LogP contribution in [0.3, 0.4) is 0 Å². The number of carbonyl (C=O) groups is 1. The number of nitrogens with zero attached hydrogens (tertiary/aromatic N) is 3. The molecule has 0 saturated carbocycles. The zero-order valence-electron chi connectivity index (χ0n) is 23.6. The molecule has 0 spiro atoms. The van der Waals surface area contributed by atoms with Crippen molar-refractivity contribution in [1.29, 1.82) is 0 Å². The summed E-state index contributed by atoms with van der Waals surface area (Å²) >= 11 is 5.86. The highest BCUT2D eigenvalue weighted by Crippen LogP contribution is 2.32. The topological polar surface area (TPSA) is 73.1 Å². The molecule has 2 heterocycles. The summed E-state index contributed by atoms with van der Waals surface area (Å²) < 4.78 is 15.6. The van der Waals surface area contributed by atoms with Crippen molar-refractivity contribution in [2.24, 2.45) is 4.99 Å². The lowest BCUT2D eigenvalue weighted by molar-refractivity contribution is -0.139. The highest BCUT2D eigenvalue weighted by molar-refractivity contribution is 14.1. The van der Waals surface area contributed by atoms with E-state index in [1.165, 1.54) is 11.3 Å². The van der Waals surface area contributed by atoms with Gasteiger partial charge in [-0.2, -0.15) is 0 Å². The molecule has 4 aromatic rings. The molecule has 3 aromatic carbocycles. The van der Waals surface area contributed by atoms with Crippen LogP contribution < -0.4 is 24.5 Å². The molecule has 42 heavy (non-hydrogen) atoms. The normalized spacial score (nSPS) is 14.8. The summed E-state index contributed by atoms with van der Waals surface area (Å²) in [6, 6.07) is 21.3. The fourth-order valence-corrected chi connectivity index (χ4v) is 7.92. The van der Waals surface area contributed by atoms with Crippen LogP contribution in [0.2, 0.25) is 0 Å². The van der Waals surface area contributed by atoms with E-state index in [1.54, 1.807) is 18.4 Å². The summed E-state index contributed by atoms with van der Waals surface area (Å²) in [4.78, 5) is 34.4. The highest BCUT2D eigenvalue weighted by Gasteiger charge is 2.33. The number of rotatable bonds is 8. The van der Waals surface area contributed by atoms with Crippen LogP contribution in [0.4, 0.5) is 5.69 Å². The molecular weight excluding hydrogens is 776 g/mol. The van der Waals surface area contributed by atoms with E-state index in [-0.39, 0.29) is 12.2 Å². The van der Waals surface area contributed by atoms with Gasteiger partial charge >= 0.3 is 5.97 Å². The third-order valence-electron chi connectivity index (χ3n) is 6.79.